The summed E-state index contributed by atoms with van der Waals surface area (Å²) >= 11 is 0.968. The predicted octanol–water partition coefficient (Wildman–Crippen LogP) is 0.883. The number of nitrogens with two attached hydrogens (primary N) is 1. The normalized spacial score (nSPS) is 8.86. The fourth-order valence-electron chi connectivity index (χ4n) is 0.711. The Morgan fingerprint density at radius 3 is 2.86 bits per heavy atom. The highest BCUT2D eigenvalue weighted by molar-refractivity contribution is 7.15. The van der Waals surface area contributed by atoms with Crippen molar-refractivity contribution in [3.63, 3.8) is 0 Å². The third-order valence-electron chi connectivity index (χ3n) is 1.25. The molecule has 14 heavy (non-hydrogen) atoms. The Balaban J connectivity index is 2.71. The maximum Gasteiger partial charge on any atom is 0.325 e. The molecule has 0 bridgehead atoms. The number of carbonyl (C=O) groups is 1. The van der Waals surface area contributed by atoms with Crippen molar-refractivity contribution in [1.82, 2.24) is 0 Å². The molecular formula is C8H6N2O3S. The zero-order chi connectivity index (χ0) is 10.6. The first-order valence-electron chi connectivity index (χ1n) is 3.61. The van der Waals surface area contributed by atoms with E-state index in [1.165, 1.54) is 12.1 Å². The van der Waals surface area contributed by atoms with Gasteiger partial charge in [0.1, 0.15) is 0 Å². The molecule has 1 aromatic rings. The molecule has 0 aliphatic carbocycles. The number of nitro groups is 1. The Morgan fingerprint density at radius 1 is 1.64 bits per heavy atom. The monoisotopic (exact) mass is 210 g/mol. The van der Waals surface area contributed by atoms with E-state index in [9.17, 15) is 14.9 Å². The van der Waals surface area contributed by atoms with Gasteiger partial charge in [0.25, 0.3) is 0 Å². The van der Waals surface area contributed by atoms with Gasteiger partial charge in [-0.1, -0.05) is 23.2 Å². The molecule has 0 unspecified atom stereocenters. The highest BCUT2D eigenvalue weighted by Crippen LogP contribution is 2.22. The summed E-state index contributed by atoms with van der Waals surface area (Å²) in [5, 5.41) is 10.3. The summed E-state index contributed by atoms with van der Waals surface area (Å²) in [5.41, 5.74) is 4.86. The van der Waals surface area contributed by atoms with E-state index in [-0.39, 0.29) is 11.4 Å². The molecule has 0 radical (unpaired) electrons. The van der Waals surface area contributed by atoms with Crippen molar-refractivity contribution in [2.75, 3.05) is 0 Å². The molecule has 0 saturated carbocycles. The van der Waals surface area contributed by atoms with Gasteiger partial charge in [0.05, 0.1) is 16.2 Å². The van der Waals surface area contributed by atoms with Crippen LogP contribution in [0.15, 0.2) is 12.1 Å². The fraction of sp³-hybridized carbons (Fsp3) is 0.125. The third-order valence-corrected chi connectivity index (χ3v) is 2.20. The Hall–Kier alpha value is -1.87. The number of carbonyl (C=O) groups excluding carboxylic acids is 1. The smallest absolute Gasteiger partial charge is 0.325 e. The van der Waals surface area contributed by atoms with Gasteiger partial charge in [-0.3, -0.25) is 14.9 Å². The van der Waals surface area contributed by atoms with E-state index in [2.05, 4.69) is 11.8 Å². The van der Waals surface area contributed by atoms with Crippen LogP contribution in [0.3, 0.4) is 0 Å². The third kappa shape index (κ3) is 2.88. The lowest BCUT2D eigenvalue weighted by molar-refractivity contribution is -0.380. The van der Waals surface area contributed by atoms with Crippen molar-refractivity contribution in [3.05, 3.63) is 27.1 Å². The second-order valence-electron chi connectivity index (χ2n) is 2.34. The number of thiophene rings is 1. The summed E-state index contributed by atoms with van der Waals surface area (Å²) in [5.74, 6) is 4.62. The van der Waals surface area contributed by atoms with Crippen molar-refractivity contribution in [1.29, 1.82) is 0 Å². The standard InChI is InChI=1S/C8H6N2O3S/c9-7(11)3-1-2-6-4-5-8(14-6)10(12)13/h4-5H,3H2,(H2,9,11). The van der Waals surface area contributed by atoms with Crippen molar-refractivity contribution >= 4 is 22.2 Å². The van der Waals surface area contributed by atoms with Gasteiger partial charge >= 0.3 is 5.00 Å². The summed E-state index contributed by atoms with van der Waals surface area (Å²) in [4.78, 5) is 20.7. The van der Waals surface area contributed by atoms with E-state index >= 15 is 0 Å². The Bertz CT molecular complexity index is 427. The number of primary amides is 1. The average molecular weight is 210 g/mol. The molecule has 1 amide bonds. The van der Waals surface area contributed by atoms with Gasteiger partial charge in [-0.15, -0.1) is 0 Å². The molecule has 2 N–H and O–H groups in total. The van der Waals surface area contributed by atoms with Crippen LogP contribution in [0.4, 0.5) is 5.00 Å². The molecule has 0 saturated heterocycles. The molecule has 0 aliphatic heterocycles. The molecular weight excluding hydrogens is 204 g/mol. The SMILES string of the molecule is NC(=O)CC#Cc1ccc([N+](=O)[O-])s1. The maximum absolute atomic E-state index is 10.3. The number of nitrogens with zero attached hydrogens (tertiary/aromatic N) is 1. The summed E-state index contributed by atoms with van der Waals surface area (Å²) in [6.07, 6.45) is -0.0360. The largest absolute Gasteiger partial charge is 0.369 e. The van der Waals surface area contributed by atoms with E-state index in [1.807, 2.05) is 0 Å². The van der Waals surface area contributed by atoms with Crippen LogP contribution in [0.2, 0.25) is 0 Å². The highest BCUT2D eigenvalue weighted by Gasteiger charge is 2.07. The van der Waals surface area contributed by atoms with Crippen LogP contribution in [0.5, 0.6) is 0 Å². The van der Waals surface area contributed by atoms with Crippen LogP contribution in [0.25, 0.3) is 0 Å². The molecule has 1 rings (SSSR count). The lowest BCUT2D eigenvalue weighted by Gasteiger charge is -1.80. The number of hydrogen-bond donors (Lipinski definition) is 1. The summed E-state index contributed by atoms with van der Waals surface area (Å²) in [6.45, 7) is 0. The van der Waals surface area contributed by atoms with Crippen molar-refractivity contribution in [2.24, 2.45) is 5.73 Å². The maximum atomic E-state index is 10.3. The first kappa shape index (κ1) is 10.2. The van der Waals surface area contributed by atoms with E-state index in [4.69, 9.17) is 5.73 Å². The summed E-state index contributed by atoms with van der Waals surface area (Å²) in [6, 6.07) is 2.91. The molecule has 0 spiro atoms. The first-order chi connectivity index (χ1) is 6.59. The van der Waals surface area contributed by atoms with Crippen LogP contribution >= 0.6 is 11.3 Å². The molecule has 1 heterocycles. The van der Waals surface area contributed by atoms with Gasteiger partial charge in [0.2, 0.25) is 5.91 Å². The second kappa shape index (κ2) is 4.39. The lowest BCUT2D eigenvalue weighted by atomic mass is 10.4. The minimum absolute atomic E-state index is 0.0355. The zero-order valence-corrected chi connectivity index (χ0v) is 7.84. The van der Waals surface area contributed by atoms with Crippen molar-refractivity contribution < 1.29 is 9.72 Å². The lowest BCUT2D eigenvalue weighted by Crippen LogP contribution is -2.08. The highest BCUT2D eigenvalue weighted by atomic mass is 32.1. The summed E-state index contributed by atoms with van der Waals surface area (Å²) in [7, 11) is 0. The number of rotatable bonds is 2. The number of amides is 1. The van der Waals surface area contributed by atoms with Crippen LogP contribution in [-0.4, -0.2) is 10.8 Å². The van der Waals surface area contributed by atoms with Gasteiger partial charge in [0.15, 0.2) is 0 Å². The van der Waals surface area contributed by atoms with Gasteiger partial charge in [-0.25, -0.2) is 0 Å². The molecule has 1 aromatic heterocycles. The number of hydrogen-bond acceptors (Lipinski definition) is 4. The fourth-order valence-corrected chi connectivity index (χ4v) is 1.41. The van der Waals surface area contributed by atoms with Gasteiger partial charge < -0.3 is 5.73 Å². The van der Waals surface area contributed by atoms with E-state index in [0.717, 1.165) is 11.3 Å². The average Bonchev–Trinajstić information content (AvgIpc) is 2.52. The predicted molar refractivity (Wildman–Crippen MR) is 51.7 cm³/mol. The van der Waals surface area contributed by atoms with E-state index in [1.54, 1.807) is 0 Å². The molecule has 5 nitrogen and oxygen atoms in total. The Labute approximate surface area is 83.7 Å². The Morgan fingerprint density at radius 2 is 2.36 bits per heavy atom. The molecule has 0 aliphatic rings. The van der Waals surface area contributed by atoms with Crippen LogP contribution in [0.1, 0.15) is 11.3 Å². The molecule has 6 heteroatoms. The van der Waals surface area contributed by atoms with Crippen LogP contribution in [0, 0.1) is 22.0 Å². The van der Waals surface area contributed by atoms with E-state index < -0.39 is 10.8 Å². The Kier molecular flexibility index (Phi) is 3.20. The van der Waals surface area contributed by atoms with E-state index in [0.29, 0.717) is 4.88 Å². The molecule has 0 aromatic carbocycles. The minimum atomic E-state index is -0.511. The first-order valence-corrected chi connectivity index (χ1v) is 4.42. The van der Waals surface area contributed by atoms with Crippen molar-refractivity contribution in [2.45, 2.75) is 6.42 Å². The van der Waals surface area contributed by atoms with Gasteiger partial charge in [-0.2, -0.15) is 0 Å². The zero-order valence-electron chi connectivity index (χ0n) is 7.02. The summed E-state index contributed by atoms with van der Waals surface area (Å²) < 4.78 is 0. The minimum Gasteiger partial charge on any atom is -0.369 e. The molecule has 72 valence electrons. The van der Waals surface area contributed by atoms with Crippen LogP contribution < -0.4 is 5.73 Å². The van der Waals surface area contributed by atoms with Crippen molar-refractivity contribution in [3.8, 4) is 11.8 Å². The second-order valence-corrected chi connectivity index (χ2v) is 3.40. The van der Waals surface area contributed by atoms with Crippen LogP contribution in [-0.2, 0) is 4.79 Å². The molecule has 0 fully saturated rings. The van der Waals surface area contributed by atoms with Gasteiger partial charge in [-0.05, 0) is 6.07 Å². The topological polar surface area (TPSA) is 86.2 Å². The quantitative estimate of drug-likeness (QED) is 0.446. The molecule has 0 atom stereocenters. The van der Waals surface area contributed by atoms with Gasteiger partial charge in [0, 0.05) is 6.07 Å².